The summed E-state index contributed by atoms with van der Waals surface area (Å²) in [6.45, 7) is 5.43. The van der Waals surface area contributed by atoms with Gasteiger partial charge in [-0.2, -0.15) is 13.2 Å². The van der Waals surface area contributed by atoms with E-state index in [2.05, 4.69) is 11.7 Å². The van der Waals surface area contributed by atoms with Crippen LogP contribution in [0.4, 0.5) is 13.2 Å². The summed E-state index contributed by atoms with van der Waals surface area (Å²) in [5.41, 5.74) is 1.61. The predicted molar refractivity (Wildman–Crippen MR) is 112 cm³/mol. The molecule has 0 aliphatic heterocycles. The number of ether oxygens (including phenoxy) is 2. The van der Waals surface area contributed by atoms with Crippen LogP contribution in [0.1, 0.15) is 29.2 Å². The molecule has 0 radical (unpaired) electrons. The van der Waals surface area contributed by atoms with E-state index in [9.17, 15) is 18.0 Å². The van der Waals surface area contributed by atoms with E-state index in [4.69, 9.17) is 14.3 Å². The molecular formula is C23H22F3NO4. The fourth-order valence-corrected chi connectivity index (χ4v) is 2.65. The van der Waals surface area contributed by atoms with Gasteiger partial charge in [-0.25, -0.2) is 4.79 Å². The number of esters is 1. The summed E-state index contributed by atoms with van der Waals surface area (Å²) < 4.78 is 47.9. The van der Waals surface area contributed by atoms with Crippen LogP contribution in [0.25, 0.3) is 11.6 Å². The van der Waals surface area contributed by atoms with Gasteiger partial charge in [-0.1, -0.05) is 42.1 Å². The quantitative estimate of drug-likeness (QED) is 0.239. The summed E-state index contributed by atoms with van der Waals surface area (Å²) >= 11 is 0. The average Bonchev–Trinajstić information content (AvgIpc) is 2.76. The lowest BCUT2D eigenvalue weighted by atomic mass is 10.0. The molecule has 0 heterocycles. The minimum atomic E-state index is -4.37. The Morgan fingerprint density at radius 1 is 1.13 bits per heavy atom. The third-order valence-electron chi connectivity index (χ3n) is 4.28. The summed E-state index contributed by atoms with van der Waals surface area (Å²) in [7, 11) is 2.76. The number of benzene rings is 2. The first kappa shape index (κ1) is 23.7. The summed E-state index contributed by atoms with van der Waals surface area (Å²) in [4.78, 5) is 17.2. The van der Waals surface area contributed by atoms with Crippen LogP contribution in [0.15, 0.2) is 60.3 Å². The third kappa shape index (κ3) is 6.47. The zero-order valence-electron chi connectivity index (χ0n) is 17.3. The third-order valence-corrected chi connectivity index (χ3v) is 4.28. The number of allylic oxidation sites excluding steroid dienone is 1. The Morgan fingerprint density at radius 3 is 2.39 bits per heavy atom. The van der Waals surface area contributed by atoms with Gasteiger partial charge in [-0.05, 0) is 42.3 Å². The van der Waals surface area contributed by atoms with Gasteiger partial charge in [-0.15, -0.1) is 0 Å². The molecule has 0 N–H and O–H groups in total. The lowest BCUT2D eigenvalue weighted by molar-refractivity contribution is -0.137. The number of hydrogen-bond acceptors (Lipinski definition) is 5. The van der Waals surface area contributed by atoms with Crippen LogP contribution in [0.2, 0.25) is 0 Å². The minimum Gasteiger partial charge on any atom is -0.496 e. The Labute approximate surface area is 178 Å². The highest BCUT2D eigenvalue weighted by molar-refractivity contribution is 6.16. The van der Waals surface area contributed by atoms with Crippen LogP contribution in [0, 0.1) is 0 Å². The largest absolute Gasteiger partial charge is 0.496 e. The molecule has 0 spiro atoms. The molecule has 2 aromatic rings. The Balaban J connectivity index is 2.10. The maximum Gasteiger partial charge on any atom is 0.416 e. The molecule has 2 aromatic carbocycles. The molecule has 0 saturated heterocycles. The van der Waals surface area contributed by atoms with Gasteiger partial charge in [0.15, 0.2) is 0 Å². The van der Waals surface area contributed by atoms with E-state index in [1.165, 1.54) is 26.4 Å². The van der Waals surface area contributed by atoms with Crippen molar-refractivity contribution in [3.63, 3.8) is 0 Å². The predicted octanol–water partition coefficient (Wildman–Crippen LogP) is 5.51. The number of nitrogens with zero attached hydrogens (tertiary/aromatic N) is 1. The van der Waals surface area contributed by atoms with Crippen molar-refractivity contribution in [2.24, 2.45) is 5.16 Å². The van der Waals surface area contributed by atoms with Gasteiger partial charge >= 0.3 is 12.1 Å². The van der Waals surface area contributed by atoms with E-state index in [0.29, 0.717) is 28.2 Å². The first-order valence-corrected chi connectivity index (χ1v) is 9.12. The summed E-state index contributed by atoms with van der Waals surface area (Å²) in [5, 5.41) is 3.98. The van der Waals surface area contributed by atoms with Crippen LogP contribution < -0.4 is 4.74 Å². The van der Waals surface area contributed by atoms with E-state index in [1.54, 1.807) is 37.3 Å². The summed E-state index contributed by atoms with van der Waals surface area (Å²) in [6.07, 6.45) is -1.14. The van der Waals surface area contributed by atoms with Gasteiger partial charge in [0.05, 0.1) is 31.1 Å². The van der Waals surface area contributed by atoms with Crippen molar-refractivity contribution in [1.29, 1.82) is 0 Å². The lowest BCUT2D eigenvalue weighted by Gasteiger charge is -2.14. The van der Waals surface area contributed by atoms with Crippen molar-refractivity contribution in [3.05, 3.63) is 77.4 Å². The number of alkyl halides is 3. The van der Waals surface area contributed by atoms with E-state index in [-0.39, 0.29) is 12.2 Å². The van der Waals surface area contributed by atoms with Crippen molar-refractivity contribution in [2.45, 2.75) is 19.7 Å². The van der Waals surface area contributed by atoms with Gasteiger partial charge in [0.2, 0.25) is 0 Å². The van der Waals surface area contributed by atoms with Crippen LogP contribution in [0.5, 0.6) is 5.75 Å². The number of hydrogen-bond donors (Lipinski definition) is 0. The van der Waals surface area contributed by atoms with Crippen molar-refractivity contribution >= 4 is 23.3 Å². The molecule has 0 fully saturated rings. The van der Waals surface area contributed by atoms with Gasteiger partial charge < -0.3 is 14.3 Å². The first-order chi connectivity index (χ1) is 14.7. The second-order valence-corrected chi connectivity index (χ2v) is 6.42. The topological polar surface area (TPSA) is 57.1 Å². The molecule has 31 heavy (non-hydrogen) atoms. The van der Waals surface area contributed by atoms with Crippen LogP contribution in [-0.2, 0) is 27.2 Å². The van der Waals surface area contributed by atoms with E-state index in [0.717, 1.165) is 12.1 Å². The molecule has 0 amide bonds. The maximum absolute atomic E-state index is 12.6. The molecule has 0 saturated carbocycles. The van der Waals surface area contributed by atoms with Gasteiger partial charge in [-0.3, -0.25) is 0 Å². The number of carbonyl (C=O) groups is 1. The molecule has 164 valence electrons. The molecule has 0 aliphatic carbocycles. The van der Waals surface area contributed by atoms with E-state index in [1.807, 2.05) is 0 Å². The van der Waals surface area contributed by atoms with Gasteiger partial charge in [0.1, 0.15) is 12.4 Å². The number of oxime groups is 1. The van der Waals surface area contributed by atoms with Crippen molar-refractivity contribution in [3.8, 4) is 5.75 Å². The van der Waals surface area contributed by atoms with Crippen molar-refractivity contribution in [1.82, 2.24) is 0 Å². The zero-order chi connectivity index (χ0) is 23.0. The number of halogens is 3. The Morgan fingerprint density at radius 2 is 1.81 bits per heavy atom. The molecule has 0 unspecified atom stereocenters. The first-order valence-electron chi connectivity index (χ1n) is 9.12. The van der Waals surface area contributed by atoms with Crippen LogP contribution in [0.3, 0.4) is 0 Å². The summed E-state index contributed by atoms with van der Waals surface area (Å²) in [5.74, 6) is -0.0793. The number of carbonyl (C=O) groups excluding carboxylic acids is 1. The molecule has 8 heteroatoms. The Hall–Kier alpha value is -3.55. The fourth-order valence-electron chi connectivity index (χ4n) is 2.65. The van der Waals surface area contributed by atoms with E-state index < -0.39 is 17.7 Å². The molecule has 0 aliphatic rings. The number of methoxy groups -OCH3 is 2. The zero-order valence-corrected chi connectivity index (χ0v) is 17.3. The molecular weight excluding hydrogens is 411 g/mol. The average molecular weight is 433 g/mol. The van der Waals surface area contributed by atoms with Gasteiger partial charge in [0.25, 0.3) is 0 Å². The minimum absolute atomic E-state index is 0.000814. The SMILES string of the molecule is C=C(C(=O)OC)c1cccc(OC)c1CO/N=C(C)/C=C/c1ccc(C(F)(F)F)cc1. The normalized spacial score (nSPS) is 12.0. The molecule has 0 aromatic heterocycles. The maximum atomic E-state index is 12.6. The fraction of sp³-hybridized carbons (Fsp3) is 0.217. The van der Waals surface area contributed by atoms with Crippen LogP contribution >= 0.6 is 0 Å². The Bertz CT molecular complexity index is 993. The molecule has 0 atom stereocenters. The second kappa shape index (κ2) is 10.5. The number of rotatable bonds is 8. The molecule has 0 bridgehead atoms. The lowest BCUT2D eigenvalue weighted by Crippen LogP contribution is -2.07. The van der Waals surface area contributed by atoms with E-state index >= 15 is 0 Å². The second-order valence-electron chi connectivity index (χ2n) is 6.42. The van der Waals surface area contributed by atoms with Gasteiger partial charge in [0, 0.05) is 5.56 Å². The molecule has 2 rings (SSSR count). The highest BCUT2D eigenvalue weighted by Crippen LogP contribution is 2.30. The Kier molecular flexibility index (Phi) is 8.01. The van der Waals surface area contributed by atoms with Crippen LogP contribution in [-0.4, -0.2) is 25.9 Å². The highest BCUT2D eigenvalue weighted by Gasteiger charge is 2.29. The van der Waals surface area contributed by atoms with Crippen molar-refractivity contribution in [2.75, 3.05) is 14.2 Å². The molecule has 5 nitrogen and oxygen atoms in total. The monoisotopic (exact) mass is 433 g/mol. The van der Waals surface area contributed by atoms with Crippen molar-refractivity contribution < 1.29 is 32.3 Å². The smallest absolute Gasteiger partial charge is 0.416 e. The summed E-state index contributed by atoms with van der Waals surface area (Å²) in [6, 6.07) is 9.89. The highest BCUT2D eigenvalue weighted by atomic mass is 19.4. The standard InChI is InChI=1S/C23H22F3NO4/c1-15(8-9-17-10-12-18(13-11-17)23(24,25)26)27-31-14-20-19(16(2)22(28)30-4)6-5-7-21(20)29-3/h5-13H,2,14H2,1,3-4H3/b9-8+,27-15+.